The van der Waals surface area contributed by atoms with Gasteiger partial charge in [0.05, 0.1) is 4.90 Å². The lowest BCUT2D eigenvalue weighted by Gasteiger charge is -2.28. The maximum absolute atomic E-state index is 12.5. The summed E-state index contributed by atoms with van der Waals surface area (Å²) >= 11 is 0. The van der Waals surface area contributed by atoms with Gasteiger partial charge < -0.3 is 10.1 Å². The van der Waals surface area contributed by atoms with E-state index in [0.29, 0.717) is 17.6 Å². The minimum absolute atomic E-state index is 0. The molecule has 0 amide bonds. The van der Waals surface area contributed by atoms with Crippen LogP contribution >= 0.6 is 12.4 Å². The highest BCUT2D eigenvalue weighted by atomic mass is 35.5. The van der Waals surface area contributed by atoms with Crippen LogP contribution in [0.2, 0.25) is 0 Å². The molecule has 1 aromatic carbocycles. The van der Waals surface area contributed by atoms with Crippen LogP contribution in [0.25, 0.3) is 0 Å². The number of aryl methyl sites for hydroxylation is 1. The first-order chi connectivity index (χ1) is 11.9. The number of rotatable bonds is 6. The molecular formula is C16H24ClN5O3S. The predicted octanol–water partition coefficient (Wildman–Crippen LogP) is 1.23. The minimum Gasteiger partial charge on any atom is -0.486 e. The Morgan fingerprint density at radius 3 is 2.69 bits per heavy atom. The fourth-order valence-corrected chi connectivity index (χ4v) is 4.12. The standard InChI is InChI=1S/C16H23N5O3S.ClH/c1-12-9-13(7-8-17-12)20-25(22,23)15-5-3-14(4-6-15)24-10-16-18-11-19-21(16)2;/h3-6,11-13,17,20H,7-10H2,1-2H3;1H. The number of nitrogens with one attached hydrogen (secondary N) is 2. The number of hydrogen-bond acceptors (Lipinski definition) is 6. The van der Waals surface area contributed by atoms with E-state index in [2.05, 4.69) is 27.0 Å². The summed E-state index contributed by atoms with van der Waals surface area (Å²) in [5, 5.41) is 7.28. The van der Waals surface area contributed by atoms with Crippen LogP contribution in [0.5, 0.6) is 5.75 Å². The van der Waals surface area contributed by atoms with Gasteiger partial charge in [-0.15, -0.1) is 12.4 Å². The summed E-state index contributed by atoms with van der Waals surface area (Å²) in [6.07, 6.45) is 3.04. The Morgan fingerprint density at radius 1 is 1.35 bits per heavy atom. The smallest absolute Gasteiger partial charge is 0.240 e. The summed E-state index contributed by atoms with van der Waals surface area (Å²) in [5.74, 6) is 1.27. The Labute approximate surface area is 159 Å². The van der Waals surface area contributed by atoms with E-state index < -0.39 is 10.0 Å². The molecular weight excluding hydrogens is 378 g/mol. The minimum atomic E-state index is -3.52. The van der Waals surface area contributed by atoms with E-state index in [1.54, 1.807) is 36.0 Å². The molecule has 2 heterocycles. The van der Waals surface area contributed by atoms with Crippen LogP contribution in [0.4, 0.5) is 0 Å². The van der Waals surface area contributed by atoms with Crippen molar-refractivity contribution in [3.63, 3.8) is 0 Å². The SMILES string of the molecule is CC1CC(NS(=O)(=O)c2ccc(OCc3ncnn3C)cc2)CCN1.Cl. The Bertz CT molecular complexity index is 810. The van der Waals surface area contributed by atoms with E-state index >= 15 is 0 Å². The number of hydrogen-bond donors (Lipinski definition) is 2. The zero-order chi connectivity index (χ0) is 17.9. The lowest BCUT2D eigenvalue weighted by molar-refractivity contribution is 0.289. The third-order valence-corrected chi connectivity index (χ3v) is 5.79. The van der Waals surface area contributed by atoms with E-state index in [0.717, 1.165) is 19.4 Å². The van der Waals surface area contributed by atoms with E-state index in [4.69, 9.17) is 4.74 Å². The highest BCUT2D eigenvalue weighted by molar-refractivity contribution is 7.89. The van der Waals surface area contributed by atoms with Crippen molar-refractivity contribution in [2.45, 2.75) is 43.4 Å². The maximum atomic E-state index is 12.5. The molecule has 2 N–H and O–H groups in total. The average Bonchev–Trinajstić information content (AvgIpc) is 2.98. The van der Waals surface area contributed by atoms with E-state index in [-0.39, 0.29) is 30.0 Å². The molecule has 1 aliphatic rings. The molecule has 1 aromatic heterocycles. The van der Waals surface area contributed by atoms with Crippen molar-refractivity contribution in [1.82, 2.24) is 24.8 Å². The zero-order valence-electron chi connectivity index (χ0n) is 14.8. The molecule has 144 valence electrons. The first kappa shape index (κ1) is 20.6. The van der Waals surface area contributed by atoms with Crippen molar-refractivity contribution in [2.75, 3.05) is 6.54 Å². The number of halogens is 1. The van der Waals surface area contributed by atoms with Crippen molar-refractivity contribution in [3.05, 3.63) is 36.4 Å². The summed E-state index contributed by atoms with van der Waals surface area (Å²) in [6.45, 7) is 3.15. The van der Waals surface area contributed by atoms with Gasteiger partial charge in [0.2, 0.25) is 10.0 Å². The van der Waals surface area contributed by atoms with Gasteiger partial charge in [-0.05, 0) is 50.6 Å². The molecule has 2 aromatic rings. The molecule has 2 atom stereocenters. The van der Waals surface area contributed by atoms with Gasteiger partial charge in [0.15, 0.2) is 5.82 Å². The number of sulfonamides is 1. The summed E-state index contributed by atoms with van der Waals surface area (Å²) < 4.78 is 35.1. The highest BCUT2D eigenvalue weighted by Gasteiger charge is 2.24. The second-order valence-corrected chi connectivity index (χ2v) is 7.97. The van der Waals surface area contributed by atoms with E-state index in [1.807, 2.05) is 0 Å². The summed E-state index contributed by atoms with van der Waals surface area (Å²) in [7, 11) is -1.74. The number of aromatic nitrogens is 3. The number of piperidine rings is 1. The van der Waals surface area contributed by atoms with Gasteiger partial charge in [0, 0.05) is 19.1 Å². The van der Waals surface area contributed by atoms with E-state index in [9.17, 15) is 8.42 Å². The normalized spacial score (nSPS) is 20.4. The maximum Gasteiger partial charge on any atom is 0.240 e. The zero-order valence-corrected chi connectivity index (χ0v) is 16.4. The lowest BCUT2D eigenvalue weighted by atomic mass is 10.0. The molecule has 0 saturated carbocycles. The quantitative estimate of drug-likeness (QED) is 0.755. The fourth-order valence-electron chi connectivity index (χ4n) is 2.84. The Kier molecular flexibility index (Phi) is 6.99. The second kappa shape index (κ2) is 8.81. The van der Waals surface area contributed by atoms with Crippen molar-refractivity contribution in [3.8, 4) is 5.75 Å². The third kappa shape index (κ3) is 5.16. The van der Waals surface area contributed by atoms with Gasteiger partial charge in [-0.1, -0.05) is 0 Å². The van der Waals surface area contributed by atoms with Crippen molar-refractivity contribution in [2.24, 2.45) is 7.05 Å². The Hall–Kier alpha value is -1.68. The van der Waals surface area contributed by atoms with Crippen molar-refractivity contribution < 1.29 is 13.2 Å². The van der Waals surface area contributed by atoms with Gasteiger partial charge in [-0.3, -0.25) is 4.68 Å². The fraction of sp³-hybridized carbons (Fsp3) is 0.500. The first-order valence-corrected chi connectivity index (χ1v) is 9.74. The summed E-state index contributed by atoms with van der Waals surface area (Å²) in [4.78, 5) is 4.32. The van der Waals surface area contributed by atoms with Crippen LogP contribution in [0.3, 0.4) is 0 Å². The number of nitrogens with zero attached hydrogens (tertiary/aromatic N) is 3. The largest absolute Gasteiger partial charge is 0.486 e. The number of ether oxygens (including phenoxy) is 1. The Balaban J connectivity index is 0.00000243. The molecule has 2 unspecified atom stereocenters. The van der Waals surface area contributed by atoms with Crippen LogP contribution in [0.15, 0.2) is 35.5 Å². The van der Waals surface area contributed by atoms with Crippen molar-refractivity contribution >= 4 is 22.4 Å². The van der Waals surface area contributed by atoms with Crippen LogP contribution in [0.1, 0.15) is 25.6 Å². The van der Waals surface area contributed by atoms with Crippen LogP contribution in [0, 0.1) is 0 Å². The van der Waals surface area contributed by atoms with Crippen LogP contribution in [-0.2, 0) is 23.7 Å². The molecule has 10 heteroatoms. The molecule has 1 fully saturated rings. The van der Waals surface area contributed by atoms with Crippen LogP contribution < -0.4 is 14.8 Å². The van der Waals surface area contributed by atoms with Gasteiger partial charge >= 0.3 is 0 Å². The van der Waals surface area contributed by atoms with Gasteiger partial charge in [-0.2, -0.15) is 5.10 Å². The van der Waals surface area contributed by atoms with Gasteiger partial charge in [-0.25, -0.2) is 18.1 Å². The Morgan fingerprint density at radius 2 is 2.08 bits per heavy atom. The molecule has 8 nitrogen and oxygen atoms in total. The third-order valence-electron chi connectivity index (χ3n) is 4.25. The van der Waals surface area contributed by atoms with Crippen molar-refractivity contribution in [1.29, 1.82) is 0 Å². The predicted molar refractivity (Wildman–Crippen MR) is 99.8 cm³/mol. The molecule has 0 radical (unpaired) electrons. The summed E-state index contributed by atoms with van der Waals surface area (Å²) in [6, 6.07) is 6.69. The van der Waals surface area contributed by atoms with Gasteiger partial charge in [0.1, 0.15) is 18.7 Å². The summed E-state index contributed by atoms with van der Waals surface area (Å²) in [5.41, 5.74) is 0. The molecule has 3 rings (SSSR count). The van der Waals surface area contributed by atoms with Gasteiger partial charge in [0.25, 0.3) is 0 Å². The molecule has 1 aliphatic heterocycles. The molecule has 0 spiro atoms. The molecule has 1 saturated heterocycles. The van der Waals surface area contributed by atoms with Crippen LogP contribution in [-0.4, -0.2) is 41.8 Å². The second-order valence-electron chi connectivity index (χ2n) is 6.26. The molecule has 0 bridgehead atoms. The average molecular weight is 402 g/mol. The highest BCUT2D eigenvalue weighted by Crippen LogP contribution is 2.18. The monoisotopic (exact) mass is 401 g/mol. The number of benzene rings is 1. The van der Waals surface area contributed by atoms with E-state index in [1.165, 1.54) is 6.33 Å². The molecule has 0 aliphatic carbocycles. The first-order valence-electron chi connectivity index (χ1n) is 8.25. The topological polar surface area (TPSA) is 98.1 Å². The molecule has 26 heavy (non-hydrogen) atoms. The lowest BCUT2D eigenvalue weighted by Crippen LogP contribution is -2.46.